The molecule has 0 saturated carbocycles. The lowest BCUT2D eigenvalue weighted by Crippen LogP contribution is -2.31. The molecule has 0 atom stereocenters. The maximum Gasteiger partial charge on any atom is 0.225 e. The third-order valence-corrected chi connectivity index (χ3v) is 3.48. The monoisotopic (exact) mass is 239 g/mol. The number of anilines is 1. The Hall–Kier alpha value is -1.90. The summed E-state index contributed by atoms with van der Waals surface area (Å²) < 4.78 is 0. The minimum atomic E-state index is 0.865. The lowest BCUT2D eigenvalue weighted by molar-refractivity contribution is 0.704. The second-order valence-electron chi connectivity index (χ2n) is 4.64. The van der Waals surface area contributed by atoms with Crippen molar-refractivity contribution in [2.45, 2.75) is 26.3 Å². The highest BCUT2D eigenvalue weighted by Crippen LogP contribution is 2.21. The molecular formula is C15H17N3. The highest BCUT2D eigenvalue weighted by molar-refractivity contribution is 5.39. The summed E-state index contributed by atoms with van der Waals surface area (Å²) in [5, 5.41) is 0. The van der Waals surface area contributed by atoms with E-state index in [2.05, 4.69) is 46.1 Å². The molecule has 0 spiro atoms. The molecule has 3 nitrogen and oxygen atoms in total. The molecule has 0 aliphatic carbocycles. The summed E-state index contributed by atoms with van der Waals surface area (Å²) in [6.07, 6.45) is 3.90. The number of aromatic nitrogens is 2. The molecule has 1 aromatic carbocycles. The van der Waals surface area contributed by atoms with Crippen molar-refractivity contribution >= 4 is 5.95 Å². The Morgan fingerprint density at radius 3 is 2.83 bits per heavy atom. The van der Waals surface area contributed by atoms with E-state index in [-0.39, 0.29) is 0 Å². The van der Waals surface area contributed by atoms with Crippen LogP contribution < -0.4 is 4.90 Å². The van der Waals surface area contributed by atoms with Crippen LogP contribution in [0.15, 0.2) is 36.5 Å². The fraction of sp³-hybridized carbons (Fsp3) is 0.333. The lowest BCUT2D eigenvalue weighted by Gasteiger charge is -2.28. The van der Waals surface area contributed by atoms with Crippen LogP contribution in [0.2, 0.25) is 0 Å². The van der Waals surface area contributed by atoms with E-state index < -0.39 is 0 Å². The maximum atomic E-state index is 4.60. The predicted molar refractivity (Wildman–Crippen MR) is 72.6 cm³/mol. The van der Waals surface area contributed by atoms with Crippen LogP contribution in [0.1, 0.15) is 23.7 Å². The first-order chi connectivity index (χ1) is 8.86. The van der Waals surface area contributed by atoms with Crippen molar-refractivity contribution in [1.29, 1.82) is 0 Å². The molecule has 1 aromatic heterocycles. The molecule has 1 aliphatic rings. The Morgan fingerprint density at radius 1 is 1.17 bits per heavy atom. The smallest absolute Gasteiger partial charge is 0.225 e. The first-order valence-electron chi connectivity index (χ1n) is 6.50. The first-order valence-corrected chi connectivity index (χ1v) is 6.50. The fourth-order valence-corrected chi connectivity index (χ4v) is 2.40. The largest absolute Gasteiger partial charge is 0.336 e. The summed E-state index contributed by atoms with van der Waals surface area (Å²) in [6.45, 7) is 4.05. The number of benzene rings is 1. The summed E-state index contributed by atoms with van der Waals surface area (Å²) in [6, 6.07) is 10.6. The van der Waals surface area contributed by atoms with E-state index in [0.29, 0.717) is 0 Å². The van der Waals surface area contributed by atoms with Gasteiger partial charge in [0.15, 0.2) is 0 Å². The number of hydrogen-bond acceptors (Lipinski definition) is 3. The number of fused-ring (bicyclic) bond motifs is 1. The molecule has 0 radical (unpaired) electrons. The molecule has 0 fully saturated rings. The number of rotatable bonds is 2. The van der Waals surface area contributed by atoms with Gasteiger partial charge in [-0.1, -0.05) is 31.2 Å². The molecule has 0 saturated heterocycles. The highest BCUT2D eigenvalue weighted by atomic mass is 15.2. The van der Waals surface area contributed by atoms with Crippen LogP contribution in [0.4, 0.5) is 5.95 Å². The van der Waals surface area contributed by atoms with Gasteiger partial charge in [-0.05, 0) is 30.0 Å². The predicted octanol–water partition coefficient (Wildman–Crippen LogP) is 2.60. The van der Waals surface area contributed by atoms with Gasteiger partial charge in [-0.25, -0.2) is 9.97 Å². The number of hydrogen-bond donors (Lipinski definition) is 0. The van der Waals surface area contributed by atoms with E-state index >= 15 is 0 Å². The van der Waals surface area contributed by atoms with Crippen molar-refractivity contribution < 1.29 is 0 Å². The summed E-state index contributed by atoms with van der Waals surface area (Å²) in [5.41, 5.74) is 3.97. The molecule has 0 amide bonds. The van der Waals surface area contributed by atoms with Gasteiger partial charge in [-0.3, -0.25) is 0 Å². The van der Waals surface area contributed by atoms with E-state index in [4.69, 9.17) is 0 Å². The van der Waals surface area contributed by atoms with Gasteiger partial charge in [-0.2, -0.15) is 0 Å². The number of aryl methyl sites for hydroxylation is 1. The second-order valence-corrected chi connectivity index (χ2v) is 4.64. The summed E-state index contributed by atoms with van der Waals surface area (Å²) in [5.74, 6) is 0.865. The van der Waals surface area contributed by atoms with Crippen molar-refractivity contribution in [3.63, 3.8) is 0 Å². The van der Waals surface area contributed by atoms with Crippen molar-refractivity contribution in [3.05, 3.63) is 53.3 Å². The van der Waals surface area contributed by atoms with Crippen LogP contribution in [0, 0.1) is 0 Å². The lowest BCUT2D eigenvalue weighted by atomic mass is 10.0. The number of nitrogens with zero attached hydrogens (tertiary/aromatic N) is 3. The van der Waals surface area contributed by atoms with Gasteiger partial charge >= 0.3 is 0 Å². The topological polar surface area (TPSA) is 29.0 Å². The second kappa shape index (κ2) is 4.77. The molecule has 18 heavy (non-hydrogen) atoms. The molecule has 3 heteroatoms. The molecular weight excluding hydrogens is 222 g/mol. The summed E-state index contributed by atoms with van der Waals surface area (Å²) >= 11 is 0. The SMILES string of the molecule is CCc1ccnc(N2CCc3ccccc3C2)n1. The van der Waals surface area contributed by atoms with Gasteiger partial charge < -0.3 is 4.90 Å². The fourth-order valence-electron chi connectivity index (χ4n) is 2.40. The van der Waals surface area contributed by atoms with Gasteiger partial charge in [0, 0.05) is 25.0 Å². The zero-order chi connectivity index (χ0) is 12.4. The van der Waals surface area contributed by atoms with Crippen LogP contribution >= 0.6 is 0 Å². The van der Waals surface area contributed by atoms with Crippen LogP contribution in [0.3, 0.4) is 0 Å². The standard InChI is InChI=1S/C15H17N3/c1-2-14-7-9-16-15(17-14)18-10-8-12-5-3-4-6-13(12)11-18/h3-7,9H,2,8,10-11H2,1H3. The van der Waals surface area contributed by atoms with Crippen LogP contribution in [-0.4, -0.2) is 16.5 Å². The third kappa shape index (κ3) is 2.08. The van der Waals surface area contributed by atoms with Crippen LogP contribution in [-0.2, 0) is 19.4 Å². The minimum Gasteiger partial charge on any atom is -0.336 e. The van der Waals surface area contributed by atoms with Gasteiger partial charge in [0.25, 0.3) is 0 Å². The molecule has 0 bridgehead atoms. The molecule has 1 aliphatic heterocycles. The van der Waals surface area contributed by atoms with Crippen molar-refractivity contribution in [2.75, 3.05) is 11.4 Å². The van der Waals surface area contributed by atoms with Crippen molar-refractivity contribution in [2.24, 2.45) is 0 Å². The minimum absolute atomic E-state index is 0.865. The first kappa shape index (κ1) is 11.2. The Balaban J connectivity index is 1.87. The molecule has 0 N–H and O–H groups in total. The zero-order valence-electron chi connectivity index (χ0n) is 10.6. The Labute approximate surface area is 108 Å². The molecule has 3 rings (SSSR count). The summed E-state index contributed by atoms with van der Waals surface area (Å²) in [4.78, 5) is 11.3. The Kier molecular flexibility index (Phi) is 2.97. The quantitative estimate of drug-likeness (QED) is 0.806. The molecule has 0 unspecified atom stereocenters. The van der Waals surface area contributed by atoms with E-state index in [0.717, 1.165) is 37.6 Å². The summed E-state index contributed by atoms with van der Waals surface area (Å²) in [7, 11) is 0. The van der Waals surface area contributed by atoms with Gasteiger partial charge in [0.2, 0.25) is 5.95 Å². The van der Waals surface area contributed by atoms with Gasteiger partial charge in [0.1, 0.15) is 0 Å². The zero-order valence-corrected chi connectivity index (χ0v) is 10.6. The Morgan fingerprint density at radius 2 is 2.00 bits per heavy atom. The third-order valence-electron chi connectivity index (χ3n) is 3.48. The van der Waals surface area contributed by atoms with Crippen LogP contribution in [0.5, 0.6) is 0 Å². The highest BCUT2D eigenvalue weighted by Gasteiger charge is 2.17. The van der Waals surface area contributed by atoms with E-state index in [9.17, 15) is 0 Å². The molecule has 2 aromatic rings. The average Bonchev–Trinajstić information content (AvgIpc) is 2.47. The van der Waals surface area contributed by atoms with Crippen molar-refractivity contribution in [1.82, 2.24) is 9.97 Å². The molecule has 2 heterocycles. The van der Waals surface area contributed by atoms with Crippen LogP contribution in [0.25, 0.3) is 0 Å². The van der Waals surface area contributed by atoms with Gasteiger partial charge in [0.05, 0.1) is 0 Å². The molecule has 92 valence electrons. The van der Waals surface area contributed by atoms with E-state index in [1.165, 1.54) is 11.1 Å². The average molecular weight is 239 g/mol. The maximum absolute atomic E-state index is 4.60. The van der Waals surface area contributed by atoms with E-state index in [1.807, 2.05) is 12.3 Å². The Bertz CT molecular complexity index is 551. The van der Waals surface area contributed by atoms with Crippen molar-refractivity contribution in [3.8, 4) is 0 Å². The van der Waals surface area contributed by atoms with E-state index in [1.54, 1.807) is 0 Å². The van der Waals surface area contributed by atoms with Gasteiger partial charge in [-0.15, -0.1) is 0 Å². The normalized spacial score (nSPS) is 14.4.